The summed E-state index contributed by atoms with van der Waals surface area (Å²) in [5.41, 5.74) is 4.35. The Hall–Kier alpha value is -0.830. The van der Waals surface area contributed by atoms with Crippen LogP contribution in [0.2, 0.25) is 0 Å². The SMILES string of the molecule is Cc1cc(C)c(C(=O)NCC(Br)CC(C)(C)C)c(C)c1. The highest BCUT2D eigenvalue weighted by atomic mass is 79.9. The molecule has 0 aliphatic carbocycles. The van der Waals surface area contributed by atoms with Gasteiger partial charge in [-0.25, -0.2) is 0 Å². The van der Waals surface area contributed by atoms with Crippen molar-refractivity contribution in [1.29, 1.82) is 0 Å². The number of carbonyl (C=O) groups is 1. The van der Waals surface area contributed by atoms with Crippen LogP contribution in [0.3, 0.4) is 0 Å². The van der Waals surface area contributed by atoms with Crippen LogP contribution in [0.15, 0.2) is 12.1 Å². The van der Waals surface area contributed by atoms with Gasteiger partial charge in [-0.1, -0.05) is 54.4 Å². The molecule has 0 fully saturated rings. The first-order chi connectivity index (χ1) is 9.10. The highest BCUT2D eigenvalue weighted by molar-refractivity contribution is 9.09. The molecule has 112 valence electrons. The molecule has 1 N–H and O–H groups in total. The summed E-state index contributed by atoms with van der Waals surface area (Å²) < 4.78 is 0. The number of alkyl halides is 1. The maximum atomic E-state index is 12.3. The number of halogens is 1. The summed E-state index contributed by atoms with van der Waals surface area (Å²) in [5.74, 6) is 0.0263. The minimum Gasteiger partial charge on any atom is -0.351 e. The lowest BCUT2D eigenvalue weighted by Gasteiger charge is -2.22. The average Bonchev–Trinajstić information content (AvgIpc) is 2.22. The molecule has 1 unspecified atom stereocenters. The number of hydrogen-bond donors (Lipinski definition) is 1. The fourth-order valence-electron chi connectivity index (χ4n) is 2.57. The highest BCUT2D eigenvalue weighted by Crippen LogP contribution is 2.24. The van der Waals surface area contributed by atoms with Gasteiger partial charge in [0.15, 0.2) is 0 Å². The molecule has 1 aromatic carbocycles. The summed E-state index contributed by atoms with van der Waals surface area (Å²) in [7, 11) is 0. The van der Waals surface area contributed by atoms with Crippen LogP contribution >= 0.6 is 15.9 Å². The Labute approximate surface area is 131 Å². The van der Waals surface area contributed by atoms with Gasteiger partial charge in [0.1, 0.15) is 0 Å². The van der Waals surface area contributed by atoms with Crippen LogP contribution < -0.4 is 5.32 Å². The smallest absolute Gasteiger partial charge is 0.251 e. The van der Waals surface area contributed by atoms with Gasteiger partial charge in [-0.3, -0.25) is 4.79 Å². The van der Waals surface area contributed by atoms with Crippen molar-refractivity contribution >= 4 is 21.8 Å². The maximum Gasteiger partial charge on any atom is 0.251 e. The summed E-state index contributed by atoms with van der Waals surface area (Å²) in [5, 5.41) is 3.04. The standard InChI is InChI=1S/C17H26BrNO/c1-11-7-12(2)15(13(3)8-11)16(20)19-10-14(18)9-17(4,5)6/h7-8,14H,9-10H2,1-6H3,(H,19,20). The number of amides is 1. The van der Waals surface area contributed by atoms with Gasteiger partial charge >= 0.3 is 0 Å². The van der Waals surface area contributed by atoms with Gasteiger partial charge in [0, 0.05) is 16.9 Å². The molecule has 0 aromatic heterocycles. The van der Waals surface area contributed by atoms with E-state index >= 15 is 0 Å². The molecule has 1 amide bonds. The Kier molecular flexibility index (Phi) is 5.81. The Balaban J connectivity index is 2.69. The predicted octanol–water partition coefficient (Wildman–Crippen LogP) is 4.54. The van der Waals surface area contributed by atoms with Gasteiger partial charge in [-0.05, 0) is 43.7 Å². The zero-order valence-electron chi connectivity index (χ0n) is 13.4. The van der Waals surface area contributed by atoms with Crippen molar-refractivity contribution in [2.45, 2.75) is 52.8 Å². The molecule has 0 saturated heterocycles. The zero-order valence-corrected chi connectivity index (χ0v) is 15.0. The summed E-state index contributed by atoms with van der Waals surface area (Å²) in [6.07, 6.45) is 1.03. The van der Waals surface area contributed by atoms with Gasteiger partial charge < -0.3 is 5.32 Å². The molecule has 0 bridgehead atoms. The molecular formula is C17H26BrNO. The van der Waals surface area contributed by atoms with Gasteiger partial charge in [-0.15, -0.1) is 0 Å². The van der Waals surface area contributed by atoms with Gasteiger partial charge in [0.05, 0.1) is 0 Å². The number of aryl methyl sites for hydroxylation is 3. The maximum absolute atomic E-state index is 12.3. The second-order valence-electron chi connectivity index (χ2n) is 6.85. The first-order valence-electron chi connectivity index (χ1n) is 7.10. The Morgan fingerprint density at radius 3 is 2.15 bits per heavy atom. The average molecular weight is 340 g/mol. The summed E-state index contributed by atoms with van der Waals surface area (Å²) in [6.45, 7) is 13.3. The van der Waals surface area contributed by atoms with E-state index in [1.165, 1.54) is 5.56 Å². The fourth-order valence-corrected chi connectivity index (χ4v) is 3.70. The van der Waals surface area contributed by atoms with Crippen molar-refractivity contribution in [2.75, 3.05) is 6.54 Å². The molecule has 3 heteroatoms. The lowest BCUT2D eigenvalue weighted by atomic mass is 9.90. The minimum absolute atomic E-state index is 0.0263. The van der Waals surface area contributed by atoms with Crippen LogP contribution in [0.1, 0.15) is 54.2 Å². The van der Waals surface area contributed by atoms with Crippen molar-refractivity contribution in [1.82, 2.24) is 5.32 Å². The molecule has 0 aliphatic heterocycles. The number of carbonyl (C=O) groups excluding carboxylic acids is 1. The van der Waals surface area contributed by atoms with Gasteiger partial charge in [-0.2, -0.15) is 0 Å². The van der Waals surface area contributed by atoms with E-state index in [9.17, 15) is 4.79 Å². The van der Waals surface area contributed by atoms with E-state index in [4.69, 9.17) is 0 Å². The van der Waals surface area contributed by atoms with E-state index in [1.54, 1.807) is 0 Å². The van der Waals surface area contributed by atoms with E-state index in [0.29, 0.717) is 11.4 Å². The third-order valence-electron chi connectivity index (χ3n) is 3.22. The van der Waals surface area contributed by atoms with Gasteiger partial charge in [0.2, 0.25) is 0 Å². The molecule has 0 spiro atoms. The molecule has 1 atom stereocenters. The lowest BCUT2D eigenvalue weighted by molar-refractivity contribution is 0.0951. The molecule has 0 aliphatic rings. The first kappa shape index (κ1) is 17.2. The topological polar surface area (TPSA) is 29.1 Å². The Bertz CT molecular complexity index is 465. The molecule has 1 aromatic rings. The Morgan fingerprint density at radius 1 is 1.20 bits per heavy atom. The van der Waals surface area contributed by atoms with E-state index in [0.717, 1.165) is 23.1 Å². The van der Waals surface area contributed by atoms with Crippen LogP contribution in [0.4, 0.5) is 0 Å². The second kappa shape index (κ2) is 6.75. The zero-order chi connectivity index (χ0) is 15.5. The molecule has 0 saturated carbocycles. The van der Waals surface area contributed by atoms with Crippen LogP contribution in [-0.4, -0.2) is 17.3 Å². The van der Waals surface area contributed by atoms with E-state index < -0.39 is 0 Å². The van der Waals surface area contributed by atoms with Crippen LogP contribution in [0.5, 0.6) is 0 Å². The Morgan fingerprint density at radius 2 is 1.70 bits per heavy atom. The minimum atomic E-state index is 0.0263. The molecule has 0 heterocycles. The summed E-state index contributed by atoms with van der Waals surface area (Å²) in [6, 6.07) is 4.12. The third-order valence-corrected chi connectivity index (χ3v) is 3.87. The van der Waals surface area contributed by atoms with E-state index in [2.05, 4.69) is 61.1 Å². The molecule has 20 heavy (non-hydrogen) atoms. The van der Waals surface area contributed by atoms with Crippen molar-refractivity contribution in [3.8, 4) is 0 Å². The van der Waals surface area contributed by atoms with Crippen molar-refractivity contribution in [2.24, 2.45) is 5.41 Å². The van der Waals surface area contributed by atoms with Crippen LogP contribution in [0, 0.1) is 26.2 Å². The highest BCUT2D eigenvalue weighted by Gasteiger charge is 2.18. The van der Waals surface area contributed by atoms with Gasteiger partial charge in [0.25, 0.3) is 5.91 Å². The van der Waals surface area contributed by atoms with E-state index in [-0.39, 0.29) is 11.3 Å². The molecule has 1 rings (SSSR count). The summed E-state index contributed by atoms with van der Waals surface area (Å²) in [4.78, 5) is 12.6. The largest absolute Gasteiger partial charge is 0.351 e. The third kappa shape index (κ3) is 5.28. The number of hydrogen-bond acceptors (Lipinski definition) is 1. The lowest BCUT2D eigenvalue weighted by Crippen LogP contribution is -2.32. The molecule has 2 nitrogen and oxygen atoms in total. The van der Waals surface area contributed by atoms with E-state index in [1.807, 2.05) is 13.8 Å². The predicted molar refractivity (Wildman–Crippen MR) is 89.8 cm³/mol. The van der Waals surface area contributed by atoms with Crippen molar-refractivity contribution in [3.63, 3.8) is 0 Å². The summed E-state index contributed by atoms with van der Waals surface area (Å²) >= 11 is 3.65. The number of rotatable bonds is 4. The second-order valence-corrected chi connectivity index (χ2v) is 8.14. The monoisotopic (exact) mass is 339 g/mol. The quantitative estimate of drug-likeness (QED) is 0.801. The van der Waals surface area contributed by atoms with Crippen molar-refractivity contribution < 1.29 is 4.79 Å². The molecular weight excluding hydrogens is 314 g/mol. The molecule has 0 radical (unpaired) electrons. The van der Waals surface area contributed by atoms with Crippen LogP contribution in [0.25, 0.3) is 0 Å². The first-order valence-corrected chi connectivity index (χ1v) is 8.02. The normalized spacial score (nSPS) is 13.2. The number of benzene rings is 1. The van der Waals surface area contributed by atoms with Crippen molar-refractivity contribution in [3.05, 3.63) is 34.4 Å². The fraction of sp³-hybridized carbons (Fsp3) is 0.588. The van der Waals surface area contributed by atoms with Crippen LogP contribution in [-0.2, 0) is 0 Å². The number of nitrogens with one attached hydrogen (secondary N) is 1.